The van der Waals surface area contributed by atoms with E-state index in [4.69, 9.17) is 10.8 Å². The number of nitrogens with zero attached hydrogens (tertiary/aromatic N) is 2. The number of guanidine groups is 1. The van der Waals surface area contributed by atoms with Crippen LogP contribution in [-0.2, 0) is 15.1 Å². The number of rotatable bonds is 4. The van der Waals surface area contributed by atoms with Crippen LogP contribution in [0.3, 0.4) is 0 Å². The minimum atomic E-state index is -1.09. The number of aliphatic carboxylic acids is 1. The van der Waals surface area contributed by atoms with Crippen molar-refractivity contribution in [1.82, 2.24) is 4.90 Å². The maximum absolute atomic E-state index is 13.1. The molecule has 0 saturated heterocycles. The Balaban J connectivity index is 2.07. The van der Waals surface area contributed by atoms with Gasteiger partial charge in [0.25, 0.3) is 5.91 Å². The molecule has 0 radical (unpaired) electrons. The van der Waals surface area contributed by atoms with Crippen molar-refractivity contribution in [1.29, 1.82) is 0 Å². The number of nitrogens with two attached hydrogens (primary N) is 1. The van der Waals surface area contributed by atoms with Crippen molar-refractivity contribution in [3.05, 3.63) is 35.9 Å². The topological polar surface area (TPSA) is 96.0 Å². The van der Waals surface area contributed by atoms with Crippen molar-refractivity contribution in [2.45, 2.75) is 37.6 Å². The van der Waals surface area contributed by atoms with Crippen molar-refractivity contribution >= 4 is 17.8 Å². The molecule has 0 aromatic heterocycles. The van der Waals surface area contributed by atoms with Crippen LogP contribution in [0.2, 0.25) is 0 Å². The normalized spacial score (nSPS) is 25.5. The number of benzene rings is 1. The van der Waals surface area contributed by atoms with E-state index in [1.807, 2.05) is 30.3 Å². The average Bonchev–Trinajstić information content (AvgIpc) is 2.82. The molecule has 3 N–H and O–H groups in total. The van der Waals surface area contributed by atoms with Crippen LogP contribution >= 0.6 is 0 Å². The monoisotopic (exact) mass is 315 g/mol. The fourth-order valence-corrected chi connectivity index (χ4v) is 3.79. The number of hydrogen-bond donors (Lipinski definition) is 2. The Bertz CT molecular complexity index is 638. The first-order chi connectivity index (χ1) is 11.1. The van der Waals surface area contributed by atoms with Crippen molar-refractivity contribution in [3.63, 3.8) is 0 Å². The second kappa shape index (κ2) is 6.02. The van der Waals surface area contributed by atoms with E-state index >= 15 is 0 Å². The summed E-state index contributed by atoms with van der Waals surface area (Å²) in [4.78, 5) is 29.8. The summed E-state index contributed by atoms with van der Waals surface area (Å²) in [6, 6.07) is 9.40. The zero-order valence-electron chi connectivity index (χ0n) is 12.9. The highest BCUT2D eigenvalue weighted by Crippen LogP contribution is 2.46. The Labute approximate surface area is 135 Å². The Morgan fingerprint density at radius 1 is 1.26 bits per heavy atom. The van der Waals surface area contributed by atoms with Crippen LogP contribution in [0.4, 0.5) is 0 Å². The smallest absolute Gasteiger partial charge is 0.323 e. The lowest BCUT2D eigenvalue weighted by Gasteiger charge is -2.36. The standard InChI is InChI=1S/C17H21N3O3/c18-16-19-17(12-7-3-1-4-8-12,13-9-5-2-6-10-13)15(23)20(16)11-14(21)22/h1,3-4,7-8,13H,2,5-6,9-11H2,(H2,18,19)(H,21,22). The SMILES string of the molecule is NC1=NC(c2ccccc2)(C2CCCCC2)C(=O)N1CC(=O)O. The van der Waals surface area contributed by atoms with Crippen LogP contribution < -0.4 is 5.73 Å². The molecule has 1 aromatic carbocycles. The Hall–Kier alpha value is -2.37. The Morgan fingerprint density at radius 3 is 2.52 bits per heavy atom. The zero-order valence-corrected chi connectivity index (χ0v) is 12.9. The number of carbonyl (C=O) groups is 2. The summed E-state index contributed by atoms with van der Waals surface area (Å²) < 4.78 is 0. The van der Waals surface area contributed by atoms with E-state index in [2.05, 4.69) is 4.99 Å². The predicted octanol–water partition coefficient (Wildman–Crippen LogP) is 1.70. The molecule has 2 aliphatic rings. The molecule has 122 valence electrons. The van der Waals surface area contributed by atoms with Crippen LogP contribution in [-0.4, -0.2) is 34.4 Å². The largest absolute Gasteiger partial charge is 0.480 e. The molecule has 1 amide bonds. The molecule has 1 heterocycles. The quantitative estimate of drug-likeness (QED) is 0.884. The molecule has 6 heteroatoms. The van der Waals surface area contributed by atoms with E-state index in [9.17, 15) is 9.59 Å². The lowest BCUT2D eigenvalue weighted by atomic mass is 9.71. The van der Waals surface area contributed by atoms with Gasteiger partial charge >= 0.3 is 5.97 Å². The van der Waals surface area contributed by atoms with E-state index < -0.39 is 18.1 Å². The fourth-order valence-electron chi connectivity index (χ4n) is 3.79. The predicted molar refractivity (Wildman–Crippen MR) is 85.7 cm³/mol. The van der Waals surface area contributed by atoms with E-state index in [0.29, 0.717) is 0 Å². The number of carbonyl (C=O) groups excluding carboxylic acids is 1. The average molecular weight is 315 g/mol. The number of hydrogen-bond acceptors (Lipinski definition) is 4. The lowest BCUT2D eigenvalue weighted by molar-refractivity contribution is -0.143. The first-order valence-corrected chi connectivity index (χ1v) is 8.00. The van der Waals surface area contributed by atoms with Crippen molar-refractivity contribution in [3.8, 4) is 0 Å². The van der Waals surface area contributed by atoms with Crippen LogP contribution in [0.25, 0.3) is 0 Å². The van der Waals surface area contributed by atoms with E-state index in [1.165, 1.54) is 0 Å². The minimum absolute atomic E-state index is 0.00632. The van der Waals surface area contributed by atoms with Crippen molar-refractivity contribution in [2.24, 2.45) is 16.6 Å². The molecule has 0 spiro atoms. The molecular formula is C17H21N3O3. The molecule has 23 heavy (non-hydrogen) atoms. The van der Waals surface area contributed by atoms with Crippen LogP contribution in [0.1, 0.15) is 37.7 Å². The third-order valence-corrected chi connectivity index (χ3v) is 4.84. The van der Waals surface area contributed by atoms with Gasteiger partial charge in [-0.1, -0.05) is 49.6 Å². The highest BCUT2D eigenvalue weighted by atomic mass is 16.4. The first kappa shape index (κ1) is 15.5. The summed E-state index contributed by atoms with van der Waals surface area (Å²) in [5.41, 5.74) is 5.66. The van der Waals surface area contributed by atoms with Gasteiger partial charge in [0, 0.05) is 0 Å². The minimum Gasteiger partial charge on any atom is -0.480 e. The van der Waals surface area contributed by atoms with Crippen LogP contribution in [0.15, 0.2) is 35.3 Å². The van der Waals surface area contributed by atoms with Crippen molar-refractivity contribution < 1.29 is 14.7 Å². The molecule has 1 saturated carbocycles. The molecule has 1 fully saturated rings. The zero-order chi connectivity index (χ0) is 16.4. The maximum Gasteiger partial charge on any atom is 0.323 e. The molecule has 6 nitrogen and oxygen atoms in total. The second-order valence-corrected chi connectivity index (χ2v) is 6.22. The first-order valence-electron chi connectivity index (χ1n) is 8.00. The van der Waals surface area contributed by atoms with E-state index in [-0.39, 0.29) is 17.8 Å². The Morgan fingerprint density at radius 2 is 1.91 bits per heavy atom. The third kappa shape index (κ3) is 2.58. The maximum atomic E-state index is 13.1. The summed E-state index contributed by atoms with van der Waals surface area (Å²) in [6.45, 7) is -0.449. The van der Waals surface area contributed by atoms with Gasteiger partial charge in [0.15, 0.2) is 11.5 Å². The summed E-state index contributed by atoms with van der Waals surface area (Å²) in [5.74, 6) is -1.34. The van der Waals surface area contributed by atoms with Gasteiger partial charge in [0.2, 0.25) is 0 Å². The second-order valence-electron chi connectivity index (χ2n) is 6.22. The highest BCUT2D eigenvalue weighted by molar-refractivity contribution is 6.08. The molecule has 1 aromatic rings. The van der Waals surface area contributed by atoms with Crippen molar-refractivity contribution in [2.75, 3.05) is 6.54 Å². The summed E-state index contributed by atoms with van der Waals surface area (Å²) >= 11 is 0. The van der Waals surface area contributed by atoms with Gasteiger partial charge in [-0.2, -0.15) is 0 Å². The summed E-state index contributed by atoms with van der Waals surface area (Å²) in [5, 5.41) is 9.06. The van der Waals surface area contributed by atoms with Gasteiger partial charge in [-0.3, -0.25) is 14.5 Å². The van der Waals surface area contributed by atoms with Gasteiger partial charge in [0.05, 0.1) is 0 Å². The van der Waals surface area contributed by atoms with Crippen LogP contribution in [0.5, 0.6) is 0 Å². The lowest BCUT2D eigenvalue weighted by Crippen LogP contribution is -2.48. The Kier molecular flexibility index (Phi) is 4.07. The molecule has 1 aliphatic carbocycles. The van der Waals surface area contributed by atoms with Gasteiger partial charge in [-0.15, -0.1) is 0 Å². The molecule has 3 rings (SSSR count). The van der Waals surface area contributed by atoms with E-state index in [1.54, 1.807) is 0 Å². The number of carboxylic acids is 1. The third-order valence-electron chi connectivity index (χ3n) is 4.84. The van der Waals surface area contributed by atoms with Gasteiger partial charge in [-0.05, 0) is 24.3 Å². The highest BCUT2D eigenvalue weighted by Gasteiger charge is 2.54. The number of aliphatic imine (C=N–C) groups is 1. The summed E-state index contributed by atoms with van der Waals surface area (Å²) in [7, 11) is 0. The molecule has 1 unspecified atom stereocenters. The van der Waals surface area contributed by atoms with Gasteiger partial charge in [-0.25, -0.2) is 4.99 Å². The number of amides is 1. The molecular weight excluding hydrogens is 294 g/mol. The van der Waals surface area contributed by atoms with E-state index in [0.717, 1.165) is 42.6 Å². The number of carboxylic acid groups (broad SMARTS) is 1. The molecule has 0 bridgehead atoms. The molecule has 1 atom stereocenters. The van der Waals surface area contributed by atoms with Crippen LogP contribution in [0, 0.1) is 5.92 Å². The summed E-state index contributed by atoms with van der Waals surface area (Å²) in [6.07, 6.45) is 5.08. The fraction of sp³-hybridized carbons (Fsp3) is 0.471. The van der Waals surface area contributed by atoms with Gasteiger partial charge < -0.3 is 10.8 Å². The van der Waals surface area contributed by atoms with Gasteiger partial charge in [0.1, 0.15) is 6.54 Å². The molecule has 1 aliphatic heterocycles.